The van der Waals surface area contributed by atoms with Crippen molar-refractivity contribution in [2.24, 2.45) is 11.8 Å². The lowest BCUT2D eigenvalue weighted by Crippen LogP contribution is -2.24. The quantitative estimate of drug-likeness (QED) is 0.0563. The van der Waals surface area contributed by atoms with E-state index in [1.807, 2.05) is 0 Å². The van der Waals surface area contributed by atoms with Crippen molar-refractivity contribution in [1.29, 1.82) is 0 Å². The van der Waals surface area contributed by atoms with Gasteiger partial charge in [0.15, 0.2) is 0 Å². The Morgan fingerprint density at radius 2 is 0.766 bits per heavy atom. The third-order valence-electron chi connectivity index (χ3n) is 7.84. The molecule has 0 radical (unpaired) electrons. The highest BCUT2D eigenvalue weighted by molar-refractivity contribution is 5.38. The lowest BCUT2D eigenvalue weighted by molar-refractivity contribution is 0.0990. The smallest absolute Gasteiger partial charge is 0.227 e. The first kappa shape index (κ1) is 36.7. The molecule has 47 heavy (non-hydrogen) atoms. The predicted octanol–water partition coefficient (Wildman–Crippen LogP) is -0.963. The molecule has 2 bridgehead atoms. The summed E-state index contributed by atoms with van der Waals surface area (Å²) in [5.74, 6) is 3.97. The van der Waals surface area contributed by atoms with Gasteiger partial charge in [0.25, 0.3) is 0 Å². The number of hydrogen-bond donors (Lipinski definition) is 8. The summed E-state index contributed by atoms with van der Waals surface area (Å²) in [6, 6.07) is 0. The number of nitrogens with zero attached hydrogens (tertiary/aromatic N) is 6. The molecule has 2 heterocycles. The highest BCUT2D eigenvalue weighted by Crippen LogP contribution is 2.58. The third-order valence-corrected chi connectivity index (χ3v) is 7.84. The molecule has 2 aromatic heterocycles. The molecular weight excluding hydrogens is 616 g/mol. The molecule has 264 valence electrons. The maximum absolute atomic E-state index is 8.98. The number of aromatic nitrogens is 6. The van der Waals surface area contributed by atoms with Crippen LogP contribution in [0.1, 0.15) is 42.7 Å². The molecule has 4 rings (SSSR count). The Labute approximate surface area is 274 Å². The van der Waals surface area contributed by atoms with Gasteiger partial charge in [-0.25, -0.2) is 0 Å². The van der Waals surface area contributed by atoms with Crippen molar-refractivity contribution >= 4 is 23.8 Å². The molecule has 8 N–H and O–H groups in total. The van der Waals surface area contributed by atoms with E-state index in [9.17, 15) is 0 Å². The van der Waals surface area contributed by atoms with E-state index in [1.165, 1.54) is 0 Å². The molecule has 2 fully saturated rings. The Morgan fingerprint density at radius 1 is 0.447 bits per heavy atom. The van der Waals surface area contributed by atoms with Crippen LogP contribution in [0.5, 0.6) is 0 Å². The molecule has 2 unspecified atom stereocenters. The molecule has 2 aliphatic carbocycles. The van der Waals surface area contributed by atoms with Crippen LogP contribution in [-0.2, 0) is 18.9 Å². The standard InChI is InChI=1S/C29H50N10O8/c40-5-13-44-9-1-30-26-34-24(35-27(38-26)31-2-10-45-14-6-41)22-18-20-17-21(22)23(19-20)25-36-28(32-3-11-46-15-7-42)39-29(37-25)33-4-12-47-16-8-43/h20-23,40-43H,1-19H2,(H2,30,31,34,35,38)(H2,32,33,36,37,39). The number of aliphatic hydroxyl groups excluding tert-OH is 4. The zero-order chi connectivity index (χ0) is 33.1. The van der Waals surface area contributed by atoms with Crippen LogP contribution in [0.2, 0.25) is 0 Å². The van der Waals surface area contributed by atoms with Gasteiger partial charge in [-0.1, -0.05) is 0 Å². The Kier molecular flexibility index (Phi) is 16.4. The fourth-order valence-corrected chi connectivity index (χ4v) is 5.98. The number of ether oxygens (including phenoxy) is 4. The average Bonchev–Trinajstić information content (AvgIpc) is 3.70. The van der Waals surface area contributed by atoms with Crippen LogP contribution < -0.4 is 21.3 Å². The maximum Gasteiger partial charge on any atom is 0.227 e. The van der Waals surface area contributed by atoms with Gasteiger partial charge in [0.05, 0.1) is 79.3 Å². The number of nitrogens with one attached hydrogen (secondary N) is 4. The molecule has 0 aliphatic heterocycles. The minimum absolute atomic E-state index is 0.0396. The molecular formula is C29H50N10O8. The Bertz CT molecular complexity index is 1020. The summed E-state index contributed by atoms with van der Waals surface area (Å²) in [7, 11) is 0. The van der Waals surface area contributed by atoms with Gasteiger partial charge in [-0.05, 0) is 31.1 Å². The summed E-state index contributed by atoms with van der Waals surface area (Å²) in [6.45, 7) is 4.32. The highest BCUT2D eigenvalue weighted by atomic mass is 16.5. The van der Waals surface area contributed by atoms with E-state index < -0.39 is 0 Å². The van der Waals surface area contributed by atoms with Crippen molar-refractivity contribution in [1.82, 2.24) is 29.9 Å². The van der Waals surface area contributed by atoms with Crippen molar-refractivity contribution in [2.75, 3.05) is 127 Å². The number of rotatable bonds is 26. The van der Waals surface area contributed by atoms with E-state index in [0.29, 0.717) is 94.0 Å². The fraction of sp³-hybridized carbons (Fsp3) is 0.793. The summed E-state index contributed by atoms with van der Waals surface area (Å²) >= 11 is 0. The molecule has 0 amide bonds. The van der Waals surface area contributed by atoms with Crippen LogP contribution in [0.25, 0.3) is 0 Å². The molecule has 2 aliphatic rings. The minimum atomic E-state index is -0.0396. The first-order chi connectivity index (χ1) is 23.1. The second-order valence-corrected chi connectivity index (χ2v) is 11.2. The van der Waals surface area contributed by atoms with Gasteiger partial charge >= 0.3 is 0 Å². The zero-order valence-corrected chi connectivity index (χ0v) is 26.8. The molecule has 2 aromatic rings. The first-order valence-electron chi connectivity index (χ1n) is 16.4. The maximum atomic E-state index is 8.98. The molecule has 2 atom stereocenters. The molecule has 0 saturated heterocycles. The monoisotopic (exact) mass is 666 g/mol. The van der Waals surface area contributed by atoms with Crippen LogP contribution in [0.4, 0.5) is 23.8 Å². The normalized spacial score (nSPS) is 20.1. The van der Waals surface area contributed by atoms with E-state index in [0.717, 1.165) is 19.3 Å². The van der Waals surface area contributed by atoms with Crippen molar-refractivity contribution in [3.63, 3.8) is 0 Å². The second-order valence-electron chi connectivity index (χ2n) is 11.2. The van der Waals surface area contributed by atoms with Crippen LogP contribution in [0.15, 0.2) is 0 Å². The molecule has 18 heteroatoms. The SMILES string of the molecule is OCCOCCNc1nc(NCCOCCO)nc(C2CC3CC(c4nc(NCCOCCO)nc(NCCOCCO)n4)C2C3)n1. The number of anilines is 4. The Morgan fingerprint density at radius 3 is 1.04 bits per heavy atom. The van der Waals surface area contributed by atoms with E-state index in [1.54, 1.807) is 0 Å². The van der Waals surface area contributed by atoms with Crippen molar-refractivity contribution in [3.05, 3.63) is 11.6 Å². The fourth-order valence-electron chi connectivity index (χ4n) is 5.98. The summed E-state index contributed by atoms with van der Waals surface area (Å²) in [5, 5.41) is 48.8. The van der Waals surface area contributed by atoms with Gasteiger partial charge in [-0.15, -0.1) is 0 Å². The average molecular weight is 667 g/mol. The number of fused-ring (bicyclic) bond motifs is 2. The molecule has 0 aromatic carbocycles. The van der Waals surface area contributed by atoms with Gasteiger partial charge in [-0.3, -0.25) is 0 Å². The predicted molar refractivity (Wildman–Crippen MR) is 172 cm³/mol. The number of hydrogen-bond acceptors (Lipinski definition) is 18. The van der Waals surface area contributed by atoms with E-state index in [-0.39, 0.29) is 70.6 Å². The second kappa shape index (κ2) is 21.0. The van der Waals surface area contributed by atoms with E-state index in [4.69, 9.17) is 59.3 Å². The third kappa shape index (κ3) is 12.1. The van der Waals surface area contributed by atoms with Gasteiger partial charge in [0.1, 0.15) is 11.6 Å². The number of aliphatic hydroxyl groups is 4. The molecule has 0 spiro atoms. The molecule has 2 saturated carbocycles. The van der Waals surface area contributed by atoms with Crippen LogP contribution >= 0.6 is 0 Å². The summed E-state index contributed by atoms with van der Waals surface area (Å²) in [6.07, 6.45) is 2.92. The lowest BCUT2D eigenvalue weighted by atomic mass is 9.79. The summed E-state index contributed by atoms with van der Waals surface area (Å²) < 4.78 is 21.5. The lowest BCUT2D eigenvalue weighted by Gasteiger charge is -2.28. The topological polar surface area (TPSA) is 243 Å². The van der Waals surface area contributed by atoms with Gasteiger partial charge < -0.3 is 60.6 Å². The van der Waals surface area contributed by atoms with Crippen molar-refractivity contribution < 1.29 is 39.4 Å². The van der Waals surface area contributed by atoms with Crippen molar-refractivity contribution in [2.45, 2.75) is 31.1 Å². The summed E-state index contributed by atoms with van der Waals surface area (Å²) in [4.78, 5) is 28.4. The zero-order valence-electron chi connectivity index (χ0n) is 26.8. The van der Waals surface area contributed by atoms with E-state index >= 15 is 0 Å². The highest BCUT2D eigenvalue weighted by Gasteiger charge is 2.49. The Hall–Kier alpha value is -3.10. The van der Waals surface area contributed by atoms with Crippen molar-refractivity contribution in [3.8, 4) is 0 Å². The van der Waals surface area contributed by atoms with Crippen LogP contribution in [0.3, 0.4) is 0 Å². The van der Waals surface area contributed by atoms with Gasteiger partial charge in [0.2, 0.25) is 23.8 Å². The van der Waals surface area contributed by atoms with Crippen LogP contribution in [-0.4, -0.2) is 156 Å². The molecule has 18 nitrogen and oxygen atoms in total. The van der Waals surface area contributed by atoms with Gasteiger partial charge in [0, 0.05) is 38.0 Å². The first-order valence-corrected chi connectivity index (χ1v) is 16.4. The minimum Gasteiger partial charge on any atom is -0.394 e. The van der Waals surface area contributed by atoms with Crippen LogP contribution in [0, 0.1) is 11.8 Å². The Balaban J connectivity index is 1.50. The summed E-state index contributed by atoms with van der Waals surface area (Å²) in [5.41, 5.74) is 0. The van der Waals surface area contributed by atoms with Gasteiger partial charge in [-0.2, -0.15) is 29.9 Å². The van der Waals surface area contributed by atoms with E-state index in [2.05, 4.69) is 31.2 Å². The largest absolute Gasteiger partial charge is 0.394 e.